The van der Waals surface area contributed by atoms with Gasteiger partial charge in [0.2, 0.25) is 0 Å². The highest BCUT2D eigenvalue weighted by molar-refractivity contribution is 5.95. The van der Waals surface area contributed by atoms with Crippen molar-refractivity contribution >= 4 is 23.5 Å². The van der Waals surface area contributed by atoms with Crippen LogP contribution < -0.4 is 10.3 Å². The normalized spacial score (nSPS) is 13.9. The van der Waals surface area contributed by atoms with Crippen LogP contribution in [0.5, 0.6) is 0 Å². The molecule has 0 radical (unpaired) electrons. The number of hydrogen-bond acceptors (Lipinski definition) is 6. The van der Waals surface area contributed by atoms with Crippen LogP contribution in [0.4, 0.5) is 11.4 Å². The largest absolute Gasteiger partial charge is 0.378 e. The number of rotatable bonds is 6. The van der Waals surface area contributed by atoms with E-state index >= 15 is 0 Å². The van der Waals surface area contributed by atoms with Crippen molar-refractivity contribution in [3.8, 4) is 5.69 Å². The number of benzene rings is 2. The van der Waals surface area contributed by atoms with Gasteiger partial charge in [0.25, 0.3) is 11.6 Å². The Hall–Kier alpha value is -3.98. The molecule has 9 heteroatoms. The molecule has 0 spiro atoms. The van der Waals surface area contributed by atoms with Crippen molar-refractivity contribution in [2.75, 3.05) is 31.2 Å². The van der Waals surface area contributed by atoms with Gasteiger partial charge in [-0.15, -0.1) is 0 Å². The zero-order chi connectivity index (χ0) is 23.4. The third-order valence-electron chi connectivity index (χ3n) is 5.57. The molecule has 0 atom stereocenters. The molecule has 1 amide bonds. The van der Waals surface area contributed by atoms with E-state index in [9.17, 15) is 14.9 Å². The average Bonchev–Trinajstić information content (AvgIpc) is 3.17. The molecule has 170 valence electrons. The van der Waals surface area contributed by atoms with Gasteiger partial charge in [0, 0.05) is 47.4 Å². The lowest BCUT2D eigenvalue weighted by Crippen LogP contribution is -2.36. The number of hydrogen-bond donors (Lipinski definition) is 1. The molecule has 0 bridgehead atoms. The van der Waals surface area contributed by atoms with Crippen molar-refractivity contribution in [2.45, 2.75) is 13.8 Å². The number of ether oxygens (including phenoxy) is 1. The third kappa shape index (κ3) is 4.93. The summed E-state index contributed by atoms with van der Waals surface area (Å²) in [5.74, 6) is -0.366. The highest BCUT2D eigenvalue weighted by Gasteiger charge is 2.21. The van der Waals surface area contributed by atoms with Crippen LogP contribution in [0.2, 0.25) is 0 Å². The molecular weight excluding hydrogens is 422 g/mol. The van der Waals surface area contributed by atoms with Crippen LogP contribution >= 0.6 is 0 Å². The summed E-state index contributed by atoms with van der Waals surface area (Å²) in [4.78, 5) is 25.7. The topological polar surface area (TPSA) is 102 Å². The van der Waals surface area contributed by atoms with Crippen LogP contribution in [0, 0.1) is 24.0 Å². The van der Waals surface area contributed by atoms with Crippen molar-refractivity contribution in [1.29, 1.82) is 0 Å². The van der Waals surface area contributed by atoms with Gasteiger partial charge in [-0.25, -0.2) is 5.43 Å². The van der Waals surface area contributed by atoms with E-state index in [4.69, 9.17) is 4.74 Å². The van der Waals surface area contributed by atoms with E-state index in [1.54, 1.807) is 24.3 Å². The van der Waals surface area contributed by atoms with Gasteiger partial charge >= 0.3 is 0 Å². The van der Waals surface area contributed by atoms with Gasteiger partial charge in [0.05, 0.1) is 24.4 Å². The maximum Gasteiger partial charge on any atom is 0.293 e. The summed E-state index contributed by atoms with van der Waals surface area (Å²) in [7, 11) is 0. The zero-order valence-electron chi connectivity index (χ0n) is 18.5. The van der Waals surface area contributed by atoms with Gasteiger partial charge in [-0.1, -0.05) is 12.1 Å². The minimum Gasteiger partial charge on any atom is -0.378 e. The molecule has 1 aliphatic heterocycles. The molecule has 1 N–H and O–H groups in total. The number of carbonyl (C=O) groups is 1. The second-order valence-electron chi connectivity index (χ2n) is 7.81. The van der Waals surface area contributed by atoms with Crippen LogP contribution in [0.15, 0.2) is 59.7 Å². The number of aromatic nitrogens is 1. The Bertz CT molecular complexity index is 1190. The smallest absolute Gasteiger partial charge is 0.293 e. The van der Waals surface area contributed by atoms with Crippen molar-refractivity contribution in [3.63, 3.8) is 0 Å². The monoisotopic (exact) mass is 447 g/mol. The fourth-order valence-electron chi connectivity index (χ4n) is 3.93. The highest BCUT2D eigenvalue weighted by atomic mass is 16.6. The molecule has 0 saturated carbocycles. The van der Waals surface area contributed by atoms with E-state index in [0.717, 1.165) is 17.1 Å². The van der Waals surface area contributed by atoms with Crippen molar-refractivity contribution in [2.24, 2.45) is 5.10 Å². The van der Waals surface area contributed by atoms with Crippen molar-refractivity contribution in [3.05, 3.63) is 87.2 Å². The summed E-state index contributed by atoms with van der Waals surface area (Å²) in [6.45, 7) is 6.30. The molecule has 0 aliphatic carbocycles. The van der Waals surface area contributed by atoms with Crippen LogP contribution in [-0.4, -0.2) is 47.9 Å². The maximum atomic E-state index is 12.6. The second-order valence-corrected chi connectivity index (χ2v) is 7.81. The van der Waals surface area contributed by atoms with Crippen LogP contribution in [0.25, 0.3) is 5.69 Å². The number of amides is 1. The Labute approximate surface area is 191 Å². The number of carbonyl (C=O) groups excluding carboxylic acids is 1. The van der Waals surface area contributed by atoms with Crippen LogP contribution in [0.3, 0.4) is 0 Å². The number of nitro benzene ring substituents is 1. The number of nitrogens with one attached hydrogen (secondary N) is 1. The predicted molar refractivity (Wildman–Crippen MR) is 126 cm³/mol. The molecule has 1 aliphatic rings. The fraction of sp³-hybridized carbons (Fsp3) is 0.250. The first-order valence-corrected chi connectivity index (χ1v) is 10.6. The molecular formula is C24H25N5O4. The SMILES string of the molecule is Cc1ccc(C)n1-c1cccc(C(=O)N/N=C\c2ccc(N3CCOCC3)c([N+](=O)[O-])c2)c1. The zero-order valence-corrected chi connectivity index (χ0v) is 18.5. The standard InChI is InChI=1S/C24H25N5O4/c1-17-6-7-18(2)28(17)21-5-3-4-20(15-21)24(30)26-25-16-19-8-9-22(23(14-19)29(31)32)27-10-12-33-13-11-27/h3-9,14-16H,10-13H2,1-2H3,(H,26,30)/b25-16-. The van der Waals surface area contributed by atoms with Gasteiger partial charge in [-0.3, -0.25) is 14.9 Å². The Morgan fingerprint density at radius 2 is 1.82 bits per heavy atom. The molecule has 2 heterocycles. The first-order chi connectivity index (χ1) is 15.9. The van der Waals surface area contributed by atoms with E-state index in [1.807, 2.05) is 43.0 Å². The molecule has 0 unspecified atom stereocenters. The minimum atomic E-state index is -0.405. The van der Waals surface area contributed by atoms with E-state index in [0.29, 0.717) is 43.1 Å². The van der Waals surface area contributed by atoms with E-state index < -0.39 is 4.92 Å². The van der Waals surface area contributed by atoms with E-state index in [-0.39, 0.29) is 11.6 Å². The number of morpholine rings is 1. The average molecular weight is 447 g/mol. The summed E-state index contributed by atoms with van der Waals surface area (Å²) in [6.07, 6.45) is 1.40. The number of aryl methyl sites for hydroxylation is 2. The first kappa shape index (κ1) is 22.2. The number of nitrogens with zero attached hydrogens (tertiary/aromatic N) is 4. The van der Waals surface area contributed by atoms with Gasteiger partial charge in [0.1, 0.15) is 5.69 Å². The summed E-state index contributed by atoms with van der Waals surface area (Å²) in [5, 5.41) is 15.6. The summed E-state index contributed by atoms with van der Waals surface area (Å²) >= 11 is 0. The molecule has 2 aromatic carbocycles. The Kier molecular flexibility index (Phi) is 6.50. The number of anilines is 1. The number of hydrazone groups is 1. The third-order valence-corrected chi connectivity index (χ3v) is 5.57. The molecule has 1 saturated heterocycles. The molecule has 1 aromatic heterocycles. The van der Waals surface area contributed by atoms with Crippen molar-refractivity contribution in [1.82, 2.24) is 9.99 Å². The lowest BCUT2D eigenvalue weighted by Gasteiger charge is -2.28. The van der Waals surface area contributed by atoms with Gasteiger partial charge < -0.3 is 14.2 Å². The number of nitro groups is 1. The minimum absolute atomic E-state index is 0.00246. The van der Waals surface area contributed by atoms with Gasteiger partial charge in [-0.05, 0) is 50.2 Å². The molecule has 33 heavy (non-hydrogen) atoms. The maximum absolute atomic E-state index is 12.6. The van der Waals surface area contributed by atoms with Gasteiger partial charge in [0.15, 0.2) is 0 Å². The fourth-order valence-corrected chi connectivity index (χ4v) is 3.93. The quantitative estimate of drug-likeness (QED) is 0.353. The van der Waals surface area contributed by atoms with E-state index in [1.165, 1.54) is 12.3 Å². The lowest BCUT2D eigenvalue weighted by molar-refractivity contribution is -0.384. The lowest BCUT2D eigenvalue weighted by atomic mass is 10.1. The highest BCUT2D eigenvalue weighted by Crippen LogP contribution is 2.29. The van der Waals surface area contributed by atoms with Crippen molar-refractivity contribution < 1.29 is 14.5 Å². The second kappa shape index (κ2) is 9.66. The summed E-state index contributed by atoms with van der Waals surface area (Å²) in [5.41, 5.74) is 7.07. The summed E-state index contributed by atoms with van der Waals surface area (Å²) < 4.78 is 7.39. The molecule has 3 aromatic rings. The van der Waals surface area contributed by atoms with Crippen LogP contribution in [-0.2, 0) is 4.74 Å². The first-order valence-electron chi connectivity index (χ1n) is 10.6. The Morgan fingerprint density at radius 1 is 1.09 bits per heavy atom. The molecule has 1 fully saturated rings. The summed E-state index contributed by atoms with van der Waals surface area (Å²) in [6, 6.07) is 16.2. The van der Waals surface area contributed by atoms with Gasteiger partial charge in [-0.2, -0.15) is 5.10 Å². The molecule has 4 rings (SSSR count). The Morgan fingerprint density at radius 3 is 2.52 bits per heavy atom. The van der Waals surface area contributed by atoms with Crippen LogP contribution in [0.1, 0.15) is 27.3 Å². The predicted octanol–water partition coefficient (Wildman–Crippen LogP) is 3.60. The molecule has 9 nitrogen and oxygen atoms in total. The van der Waals surface area contributed by atoms with E-state index in [2.05, 4.69) is 15.1 Å². The Balaban J connectivity index is 1.48.